The number of hydrogen-bond acceptors (Lipinski definition) is 5. The van der Waals surface area contributed by atoms with Gasteiger partial charge in [0.05, 0.1) is 19.8 Å². The lowest BCUT2D eigenvalue weighted by atomic mass is 10.0. The topological polar surface area (TPSA) is 54.0 Å². The molecule has 0 amide bonds. The second-order valence-corrected chi connectivity index (χ2v) is 6.56. The summed E-state index contributed by atoms with van der Waals surface area (Å²) >= 11 is 0. The minimum atomic E-state index is -0.405. The average molecular weight is 394 g/mol. The van der Waals surface area contributed by atoms with Gasteiger partial charge in [0.2, 0.25) is 0 Å². The van der Waals surface area contributed by atoms with Crippen LogP contribution in [0, 0.1) is 0 Å². The number of hydrogen-bond donors (Lipinski definition) is 0. The van der Waals surface area contributed by atoms with Gasteiger partial charge >= 0.3 is 5.97 Å². The van der Waals surface area contributed by atoms with Gasteiger partial charge in [-0.3, -0.25) is 0 Å². The summed E-state index contributed by atoms with van der Waals surface area (Å²) in [6.45, 7) is 9.02. The highest BCUT2D eigenvalue weighted by Gasteiger charge is 2.15. The number of fused-ring (bicyclic) bond motifs is 2. The van der Waals surface area contributed by atoms with Crippen molar-refractivity contribution in [3.05, 3.63) is 60.7 Å². The number of carbonyl (C=O) groups is 1. The smallest absolute Gasteiger partial charge is 0.333 e. The SMILES string of the molecule is C=C(C)C(=O)OCCOCCOc1c2ccccc2c(OCC)c2ccccc12. The molecule has 0 N–H and O–H groups in total. The first-order valence-corrected chi connectivity index (χ1v) is 9.73. The number of ether oxygens (including phenoxy) is 4. The molecule has 0 radical (unpaired) electrons. The minimum absolute atomic E-state index is 0.195. The molecule has 3 aromatic carbocycles. The van der Waals surface area contributed by atoms with Crippen LogP contribution in [0.4, 0.5) is 0 Å². The first-order valence-electron chi connectivity index (χ1n) is 9.73. The molecule has 0 saturated heterocycles. The van der Waals surface area contributed by atoms with E-state index in [2.05, 4.69) is 6.58 Å². The van der Waals surface area contributed by atoms with Gasteiger partial charge in [-0.25, -0.2) is 4.79 Å². The Labute approximate surface area is 170 Å². The largest absolute Gasteiger partial charge is 0.493 e. The molecule has 0 aliphatic heterocycles. The van der Waals surface area contributed by atoms with Gasteiger partial charge in [-0.15, -0.1) is 0 Å². The molecule has 0 fully saturated rings. The molecule has 0 bridgehead atoms. The zero-order valence-electron chi connectivity index (χ0n) is 16.9. The molecule has 0 aromatic heterocycles. The summed E-state index contributed by atoms with van der Waals surface area (Å²) in [5.74, 6) is 1.29. The van der Waals surface area contributed by atoms with Crippen molar-refractivity contribution in [2.75, 3.05) is 33.0 Å². The number of esters is 1. The maximum Gasteiger partial charge on any atom is 0.333 e. The Morgan fingerprint density at radius 2 is 1.28 bits per heavy atom. The second kappa shape index (κ2) is 9.94. The summed E-state index contributed by atoms with van der Waals surface area (Å²) in [6.07, 6.45) is 0. The normalized spacial score (nSPS) is 10.8. The molecule has 0 aliphatic rings. The molecule has 0 saturated carbocycles. The van der Waals surface area contributed by atoms with Gasteiger partial charge in [0, 0.05) is 27.1 Å². The second-order valence-electron chi connectivity index (χ2n) is 6.56. The van der Waals surface area contributed by atoms with E-state index in [9.17, 15) is 4.79 Å². The molecular formula is C24H26O5. The zero-order valence-corrected chi connectivity index (χ0v) is 16.9. The molecule has 3 aromatic rings. The van der Waals surface area contributed by atoms with E-state index in [1.165, 1.54) is 0 Å². The van der Waals surface area contributed by atoms with E-state index in [4.69, 9.17) is 18.9 Å². The van der Waals surface area contributed by atoms with Crippen LogP contribution in [0.2, 0.25) is 0 Å². The van der Waals surface area contributed by atoms with Crippen LogP contribution in [-0.4, -0.2) is 39.0 Å². The molecule has 0 heterocycles. The van der Waals surface area contributed by atoms with Crippen LogP contribution < -0.4 is 9.47 Å². The van der Waals surface area contributed by atoms with Crippen LogP contribution in [0.25, 0.3) is 21.5 Å². The number of benzene rings is 3. The van der Waals surface area contributed by atoms with Gasteiger partial charge in [0.15, 0.2) is 0 Å². The van der Waals surface area contributed by atoms with E-state index >= 15 is 0 Å². The highest BCUT2D eigenvalue weighted by molar-refractivity contribution is 6.11. The van der Waals surface area contributed by atoms with Crippen molar-refractivity contribution >= 4 is 27.5 Å². The Balaban J connectivity index is 1.71. The lowest BCUT2D eigenvalue weighted by Gasteiger charge is -2.17. The average Bonchev–Trinajstić information content (AvgIpc) is 2.74. The van der Waals surface area contributed by atoms with Crippen molar-refractivity contribution in [1.29, 1.82) is 0 Å². The van der Waals surface area contributed by atoms with Crippen molar-refractivity contribution in [3.63, 3.8) is 0 Å². The monoisotopic (exact) mass is 394 g/mol. The van der Waals surface area contributed by atoms with Gasteiger partial charge in [-0.05, 0) is 13.8 Å². The fourth-order valence-electron chi connectivity index (χ4n) is 3.12. The van der Waals surface area contributed by atoms with Crippen molar-refractivity contribution in [3.8, 4) is 11.5 Å². The summed E-state index contributed by atoms with van der Waals surface area (Å²) < 4.78 is 22.6. The number of rotatable bonds is 10. The Hall–Kier alpha value is -3.05. The van der Waals surface area contributed by atoms with Gasteiger partial charge in [-0.1, -0.05) is 55.1 Å². The molecule has 29 heavy (non-hydrogen) atoms. The Morgan fingerprint density at radius 3 is 1.76 bits per heavy atom. The van der Waals surface area contributed by atoms with E-state index in [1.807, 2.05) is 55.5 Å². The van der Waals surface area contributed by atoms with Gasteiger partial charge in [0.25, 0.3) is 0 Å². The standard InChI is InChI=1S/C24H26O5/c1-4-27-22-18-9-5-7-11-20(18)23(21-12-8-6-10-19(21)22)28-15-13-26-14-16-29-24(25)17(2)3/h5-12H,2,4,13-16H2,1,3H3. The number of carbonyl (C=O) groups excluding carboxylic acids is 1. The third-order valence-corrected chi connectivity index (χ3v) is 4.40. The first kappa shape index (κ1) is 20.7. The zero-order chi connectivity index (χ0) is 20.6. The van der Waals surface area contributed by atoms with Crippen LogP contribution >= 0.6 is 0 Å². The summed E-state index contributed by atoms with van der Waals surface area (Å²) in [5.41, 5.74) is 0.377. The molecule has 0 aliphatic carbocycles. The highest BCUT2D eigenvalue weighted by Crippen LogP contribution is 2.42. The predicted molar refractivity (Wildman–Crippen MR) is 115 cm³/mol. The minimum Gasteiger partial charge on any atom is -0.493 e. The van der Waals surface area contributed by atoms with Crippen molar-refractivity contribution in [2.45, 2.75) is 13.8 Å². The van der Waals surface area contributed by atoms with E-state index in [0.29, 0.717) is 32.0 Å². The molecular weight excluding hydrogens is 368 g/mol. The third-order valence-electron chi connectivity index (χ3n) is 4.40. The van der Waals surface area contributed by atoms with E-state index in [1.54, 1.807) is 6.92 Å². The summed E-state index contributed by atoms with van der Waals surface area (Å²) in [7, 11) is 0. The van der Waals surface area contributed by atoms with Crippen molar-refractivity contribution in [1.82, 2.24) is 0 Å². The molecule has 0 spiro atoms. The summed E-state index contributed by atoms with van der Waals surface area (Å²) in [4.78, 5) is 11.3. The third kappa shape index (κ3) is 4.87. The van der Waals surface area contributed by atoms with Crippen LogP contribution in [0.5, 0.6) is 11.5 Å². The lowest BCUT2D eigenvalue weighted by molar-refractivity contribution is -0.140. The Bertz CT molecular complexity index is 952. The lowest BCUT2D eigenvalue weighted by Crippen LogP contribution is -2.14. The molecule has 152 valence electrons. The maximum absolute atomic E-state index is 11.3. The molecule has 5 nitrogen and oxygen atoms in total. The van der Waals surface area contributed by atoms with Crippen molar-refractivity contribution in [2.24, 2.45) is 0 Å². The Morgan fingerprint density at radius 1 is 0.793 bits per heavy atom. The van der Waals surface area contributed by atoms with Gasteiger partial charge < -0.3 is 18.9 Å². The molecule has 5 heteroatoms. The van der Waals surface area contributed by atoms with Crippen LogP contribution in [-0.2, 0) is 14.3 Å². The Kier molecular flexibility index (Phi) is 7.09. The highest BCUT2D eigenvalue weighted by atomic mass is 16.6. The quantitative estimate of drug-likeness (QED) is 0.212. The maximum atomic E-state index is 11.3. The summed E-state index contributed by atoms with van der Waals surface area (Å²) in [5, 5.41) is 4.06. The molecule has 3 rings (SSSR count). The van der Waals surface area contributed by atoms with Crippen LogP contribution in [0.3, 0.4) is 0 Å². The fourth-order valence-corrected chi connectivity index (χ4v) is 3.12. The molecule has 0 atom stereocenters. The predicted octanol–water partition coefficient (Wildman–Crippen LogP) is 4.91. The van der Waals surface area contributed by atoms with E-state index in [-0.39, 0.29) is 6.61 Å². The van der Waals surface area contributed by atoms with Crippen LogP contribution in [0.15, 0.2) is 60.7 Å². The van der Waals surface area contributed by atoms with Crippen molar-refractivity contribution < 1.29 is 23.7 Å². The van der Waals surface area contributed by atoms with E-state index < -0.39 is 5.97 Å². The fraction of sp³-hybridized carbons (Fsp3) is 0.292. The molecule has 0 unspecified atom stereocenters. The summed E-state index contributed by atoms with van der Waals surface area (Å²) in [6, 6.07) is 16.2. The van der Waals surface area contributed by atoms with E-state index in [0.717, 1.165) is 33.0 Å². The van der Waals surface area contributed by atoms with Gasteiger partial charge in [-0.2, -0.15) is 0 Å². The van der Waals surface area contributed by atoms with Crippen LogP contribution in [0.1, 0.15) is 13.8 Å². The first-order chi connectivity index (χ1) is 14.1. The van der Waals surface area contributed by atoms with Gasteiger partial charge in [0.1, 0.15) is 24.7 Å².